The molecule has 202 valence electrons. The van der Waals surface area contributed by atoms with E-state index in [1.807, 2.05) is 86.6 Å². The maximum absolute atomic E-state index is 14.3. The number of nitriles is 2. The molecule has 0 spiro atoms. The number of nitrogens with zero attached hydrogens (tertiary/aromatic N) is 2. The van der Waals surface area contributed by atoms with E-state index in [1.165, 1.54) is 0 Å². The third-order valence-electron chi connectivity index (χ3n) is 7.07. The van der Waals surface area contributed by atoms with Crippen LogP contribution in [0.25, 0.3) is 22.3 Å². The molecule has 5 aromatic carbocycles. The first-order chi connectivity index (χ1) is 20.2. The Kier molecular flexibility index (Phi) is 8.31. The van der Waals surface area contributed by atoms with Crippen LogP contribution in [0.3, 0.4) is 0 Å². The zero-order valence-electron chi connectivity index (χ0n) is 22.7. The summed E-state index contributed by atoms with van der Waals surface area (Å²) in [6, 6.07) is 33.1. The van der Waals surface area contributed by atoms with Gasteiger partial charge < -0.3 is 0 Å². The van der Waals surface area contributed by atoms with E-state index in [1.54, 1.807) is 24.3 Å². The van der Waals surface area contributed by atoms with Gasteiger partial charge in [0.05, 0.1) is 22.3 Å². The Balaban J connectivity index is 2.00. The van der Waals surface area contributed by atoms with Crippen molar-refractivity contribution in [3.05, 3.63) is 151 Å². The molecular formula is C36H22Br2N2O2. The van der Waals surface area contributed by atoms with Crippen molar-refractivity contribution in [2.45, 2.75) is 13.8 Å². The molecule has 0 bridgehead atoms. The topological polar surface area (TPSA) is 81.7 Å². The van der Waals surface area contributed by atoms with Gasteiger partial charge in [0.2, 0.25) is 0 Å². The second kappa shape index (κ2) is 12.1. The van der Waals surface area contributed by atoms with Crippen molar-refractivity contribution >= 4 is 43.4 Å². The van der Waals surface area contributed by atoms with Gasteiger partial charge in [0.1, 0.15) is 12.1 Å². The van der Waals surface area contributed by atoms with Crippen molar-refractivity contribution in [1.82, 2.24) is 0 Å². The van der Waals surface area contributed by atoms with Crippen LogP contribution in [0.4, 0.5) is 0 Å². The smallest absolute Gasteiger partial charge is 0.195 e. The minimum absolute atomic E-state index is 0.0820. The number of hydrogen-bond donors (Lipinski definition) is 0. The second-order valence-corrected chi connectivity index (χ2v) is 11.7. The van der Waals surface area contributed by atoms with Crippen LogP contribution in [0.15, 0.2) is 106 Å². The molecule has 0 aliphatic rings. The van der Waals surface area contributed by atoms with Gasteiger partial charge in [0.25, 0.3) is 0 Å². The van der Waals surface area contributed by atoms with Gasteiger partial charge in [0.15, 0.2) is 11.6 Å². The molecule has 0 N–H and O–H groups in total. The highest BCUT2D eigenvalue weighted by Gasteiger charge is 2.33. The molecule has 5 aromatic rings. The highest BCUT2D eigenvalue weighted by atomic mass is 79.9. The number of carbonyl (C=O) groups excluding carboxylic acids is 2. The van der Waals surface area contributed by atoms with Crippen LogP contribution >= 0.6 is 31.9 Å². The predicted octanol–water partition coefficient (Wildman–Crippen LogP) is 9.37. The Morgan fingerprint density at radius 3 is 1.12 bits per heavy atom. The zero-order chi connectivity index (χ0) is 30.0. The molecule has 0 unspecified atom stereocenters. The molecule has 0 atom stereocenters. The van der Waals surface area contributed by atoms with E-state index in [9.17, 15) is 20.1 Å². The number of hydrogen-bond acceptors (Lipinski definition) is 4. The molecule has 0 fully saturated rings. The zero-order valence-corrected chi connectivity index (χ0v) is 25.9. The quantitative estimate of drug-likeness (QED) is 0.168. The predicted molar refractivity (Wildman–Crippen MR) is 171 cm³/mol. The molecular weight excluding hydrogens is 652 g/mol. The monoisotopic (exact) mass is 672 g/mol. The molecule has 0 radical (unpaired) electrons. The van der Waals surface area contributed by atoms with Crippen molar-refractivity contribution in [2.24, 2.45) is 0 Å². The third-order valence-corrected chi connectivity index (χ3v) is 8.13. The van der Waals surface area contributed by atoms with E-state index >= 15 is 0 Å². The molecule has 4 nitrogen and oxygen atoms in total. The molecule has 0 saturated heterocycles. The lowest BCUT2D eigenvalue weighted by Crippen LogP contribution is -2.16. The summed E-state index contributed by atoms with van der Waals surface area (Å²) in [5.74, 6) is -0.817. The summed E-state index contributed by atoms with van der Waals surface area (Å²) >= 11 is 6.97. The van der Waals surface area contributed by atoms with Crippen LogP contribution in [0.5, 0.6) is 0 Å². The summed E-state index contributed by atoms with van der Waals surface area (Å²) in [6.07, 6.45) is 0. The molecule has 0 aliphatic heterocycles. The number of halogens is 2. The molecule has 0 aromatic heterocycles. The summed E-state index contributed by atoms with van der Waals surface area (Å²) < 4.78 is 1.65. The second-order valence-electron chi connectivity index (χ2n) is 9.88. The van der Waals surface area contributed by atoms with E-state index < -0.39 is 11.6 Å². The number of carbonyl (C=O) groups is 2. The fourth-order valence-corrected chi connectivity index (χ4v) is 5.47. The fourth-order valence-electron chi connectivity index (χ4n) is 4.94. The number of ketones is 2. The molecule has 0 heterocycles. The molecule has 0 saturated carbocycles. The highest BCUT2D eigenvalue weighted by molar-refractivity contribution is 9.10. The first-order valence-electron chi connectivity index (χ1n) is 13.0. The lowest BCUT2D eigenvalue weighted by atomic mass is 9.77. The van der Waals surface area contributed by atoms with Gasteiger partial charge in [-0.25, -0.2) is 0 Å². The van der Waals surface area contributed by atoms with Crippen LogP contribution in [0.1, 0.15) is 54.1 Å². The van der Waals surface area contributed by atoms with Crippen LogP contribution < -0.4 is 0 Å². The lowest BCUT2D eigenvalue weighted by molar-refractivity contribution is 0.102. The highest BCUT2D eigenvalue weighted by Crippen LogP contribution is 2.44. The van der Waals surface area contributed by atoms with E-state index in [4.69, 9.17) is 0 Å². The van der Waals surface area contributed by atoms with Crippen LogP contribution in [0, 0.1) is 36.5 Å². The van der Waals surface area contributed by atoms with Gasteiger partial charge in [-0.2, -0.15) is 10.5 Å². The van der Waals surface area contributed by atoms with E-state index in [2.05, 4.69) is 44.0 Å². The van der Waals surface area contributed by atoms with Crippen LogP contribution in [-0.2, 0) is 0 Å². The third kappa shape index (κ3) is 5.48. The number of aryl methyl sites for hydroxylation is 2. The average molecular weight is 674 g/mol. The van der Waals surface area contributed by atoms with Gasteiger partial charge in [-0.3, -0.25) is 9.59 Å². The molecule has 0 aliphatic carbocycles. The minimum atomic E-state index is -0.409. The maximum atomic E-state index is 14.3. The first-order valence-corrected chi connectivity index (χ1v) is 14.6. The first kappa shape index (κ1) is 28.9. The Morgan fingerprint density at radius 2 is 0.833 bits per heavy atom. The number of rotatable bonds is 6. The normalized spacial score (nSPS) is 10.5. The van der Waals surface area contributed by atoms with Crippen molar-refractivity contribution in [1.29, 1.82) is 10.5 Å². The van der Waals surface area contributed by atoms with Gasteiger partial charge >= 0.3 is 0 Å². The minimum Gasteiger partial charge on any atom is -0.289 e. The molecule has 5 rings (SSSR count). The lowest BCUT2D eigenvalue weighted by Gasteiger charge is -2.22. The Hall–Kier alpha value is -4.62. The van der Waals surface area contributed by atoms with Gasteiger partial charge in [-0.1, -0.05) is 116 Å². The van der Waals surface area contributed by atoms with E-state index in [0.29, 0.717) is 33.4 Å². The van der Waals surface area contributed by atoms with Gasteiger partial charge in [-0.05, 0) is 49.2 Å². The summed E-state index contributed by atoms with van der Waals surface area (Å²) in [5.41, 5.74) is 4.71. The Bertz CT molecular complexity index is 1780. The molecule has 42 heavy (non-hydrogen) atoms. The molecule has 6 heteroatoms. The molecule has 0 amide bonds. The van der Waals surface area contributed by atoms with E-state index in [-0.39, 0.29) is 22.3 Å². The van der Waals surface area contributed by atoms with Gasteiger partial charge in [-0.15, -0.1) is 0 Å². The van der Waals surface area contributed by atoms with Crippen molar-refractivity contribution in [3.8, 4) is 34.4 Å². The van der Waals surface area contributed by atoms with Crippen molar-refractivity contribution < 1.29 is 9.59 Å². The summed E-state index contributed by atoms with van der Waals surface area (Å²) in [6.45, 7) is 3.85. The maximum Gasteiger partial charge on any atom is 0.195 e. The fraction of sp³-hybridized carbons (Fsp3) is 0.0556. The summed E-state index contributed by atoms with van der Waals surface area (Å²) in [7, 11) is 0. The average Bonchev–Trinajstić information content (AvgIpc) is 3.00. The van der Waals surface area contributed by atoms with Crippen molar-refractivity contribution in [2.75, 3.05) is 0 Å². The van der Waals surface area contributed by atoms with Crippen LogP contribution in [0.2, 0.25) is 0 Å². The largest absolute Gasteiger partial charge is 0.289 e. The standard InChI is InChI=1S/C36H22Br2N2O2/c1-21-3-7-25(8-4-21)35(41)33-29(19-39)30(20-40)34(36(42)26-9-5-22(2)6-10-26)32(24-13-17-28(38)18-14-24)31(33)23-11-15-27(37)16-12-23/h3-18H,1-2H3. The van der Waals surface area contributed by atoms with Crippen molar-refractivity contribution in [3.63, 3.8) is 0 Å². The Labute approximate surface area is 261 Å². The van der Waals surface area contributed by atoms with E-state index in [0.717, 1.165) is 20.1 Å². The number of benzene rings is 5. The summed E-state index contributed by atoms with van der Waals surface area (Å²) in [5, 5.41) is 21.0. The summed E-state index contributed by atoms with van der Waals surface area (Å²) in [4.78, 5) is 28.7. The Morgan fingerprint density at radius 1 is 0.524 bits per heavy atom. The van der Waals surface area contributed by atoms with Gasteiger partial charge in [0, 0.05) is 31.2 Å². The SMILES string of the molecule is Cc1ccc(C(=O)c2c(C#N)c(C#N)c(C(=O)c3ccc(C)cc3)c(-c3ccc(Br)cc3)c2-c2ccc(Br)cc2)cc1. The van der Waals surface area contributed by atoms with Crippen LogP contribution in [-0.4, -0.2) is 11.6 Å².